The minimum Gasteiger partial charge on any atom is -0.310 e. The van der Waals surface area contributed by atoms with Crippen molar-refractivity contribution in [1.29, 1.82) is 0 Å². The number of nitro groups is 1. The van der Waals surface area contributed by atoms with Crippen molar-refractivity contribution in [3.8, 4) is 0 Å². The molecule has 0 radical (unpaired) electrons. The fourth-order valence-corrected chi connectivity index (χ4v) is 2.20. The van der Waals surface area contributed by atoms with Crippen LogP contribution in [0.1, 0.15) is 30.5 Å². The predicted octanol–water partition coefficient (Wildman–Crippen LogP) is 2.84. The zero-order chi connectivity index (χ0) is 15.2. The average Bonchev–Trinajstić information content (AvgIpc) is 2.96. The highest BCUT2D eigenvalue weighted by atomic mass is 16.6. The molecule has 0 fully saturated rings. The molecule has 0 spiro atoms. The lowest BCUT2D eigenvalue weighted by atomic mass is 10.0. The van der Waals surface area contributed by atoms with E-state index in [2.05, 4.69) is 10.4 Å². The van der Waals surface area contributed by atoms with Gasteiger partial charge in [0.25, 0.3) is 5.69 Å². The molecule has 0 bridgehead atoms. The predicted molar refractivity (Wildman–Crippen MR) is 81.1 cm³/mol. The quantitative estimate of drug-likeness (QED) is 0.483. The Morgan fingerprint density at radius 1 is 1.48 bits per heavy atom. The Balaban J connectivity index is 1.86. The number of hydrogen-bond donors (Lipinski definition) is 1. The summed E-state index contributed by atoms with van der Waals surface area (Å²) < 4.78 is 1.89. The van der Waals surface area contributed by atoms with Gasteiger partial charge in [-0.05, 0) is 38.4 Å². The number of aromatic nitrogens is 2. The molecule has 1 aromatic heterocycles. The van der Waals surface area contributed by atoms with Crippen LogP contribution in [0.15, 0.2) is 36.7 Å². The summed E-state index contributed by atoms with van der Waals surface area (Å²) in [4.78, 5) is 10.6. The molecule has 0 aliphatic rings. The van der Waals surface area contributed by atoms with Crippen molar-refractivity contribution in [3.63, 3.8) is 0 Å². The first kappa shape index (κ1) is 15.2. The van der Waals surface area contributed by atoms with Gasteiger partial charge in [-0.1, -0.05) is 12.1 Å². The van der Waals surface area contributed by atoms with Crippen LogP contribution in [-0.2, 0) is 6.54 Å². The molecule has 21 heavy (non-hydrogen) atoms. The summed E-state index contributed by atoms with van der Waals surface area (Å²) in [5.74, 6) is 0. The van der Waals surface area contributed by atoms with Crippen LogP contribution in [0.2, 0.25) is 0 Å². The number of hydrogen-bond acceptors (Lipinski definition) is 4. The highest BCUT2D eigenvalue weighted by molar-refractivity contribution is 5.43. The van der Waals surface area contributed by atoms with Gasteiger partial charge in [-0.3, -0.25) is 14.8 Å². The summed E-state index contributed by atoms with van der Waals surface area (Å²) in [6.07, 6.45) is 4.66. The summed E-state index contributed by atoms with van der Waals surface area (Å²) >= 11 is 0. The number of nitrogens with one attached hydrogen (secondary N) is 1. The first-order valence-electron chi connectivity index (χ1n) is 7.03. The van der Waals surface area contributed by atoms with E-state index in [1.165, 1.54) is 0 Å². The molecule has 6 heteroatoms. The molecular formula is C15H20N4O2. The SMILES string of the molecule is Cc1ccc([C@@H](C)NCCCn2cccn2)cc1[N+](=O)[O-]. The van der Waals surface area contributed by atoms with Crippen molar-refractivity contribution in [3.05, 3.63) is 57.9 Å². The second kappa shape index (κ2) is 6.99. The molecule has 0 aliphatic carbocycles. The summed E-state index contributed by atoms with van der Waals surface area (Å²) in [6.45, 7) is 5.47. The minimum atomic E-state index is -0.330. The topological polar surface area (TPSA) is 73.0 Å². The van der Waals surface area contributed by atoms with Gasteiger partial charge in [-0.15, -0.1) is 0 Å². The van der Waals surface area contributed by atoms with Crippen molar-refractivity contribution >= 4 is 5.69 Å². The van der Waals surface area contributed by atoms with Gasteiger partial charge in [0.15, 0.2) is 0 Å². The van der Waals surface area contributed by atoms with E-state index in [0.717, 1.165) is 25.1 Å². The van der Waals surface area contributed by atoms with Crippen LogP contribution in [0.3, 0.4) is 0 Å². The maximum absolute atomic E-state index is 11.0. The van der Waals surface area contributed by atoms with Gasteiger partial charge in [0.2, 0.25) is 0 Å². The Bertz CT molecular complexity index is 596. The van der Waals surface area contributed by atoms with E-state index in [1.807, 2.05) is 29.9 Å². The first-order valence-corrected chi connectivity index (χ1v) is 7.03. The molecule has 1 aromatic carbocycles. The van der Waals surface area contributed by atoms with E-state index in [9.17, 15) is 10.1 Å². The Kier molecular flexibility index (Phi) is 5.05. The maximum Gasteiger partial charge on any atom is 0.272 e. The fraction of sp³-hybridized carbons (Fsp3) is 0.400. The lowest BCUT2D eigenvalue weighted by Crippen LogP contribution is -2.21. The van der Waals surface area contributed by atoms with Gasteiger partial charge in [0.1, 0.15) is 0 Å². The zero-order valence-corrected chi connectivity index (χ0v) is 12.3. The maximum atomic E-state index is 11.0. The smallest absolute Gasteiger partial charge is 0.272 e. The first-order chi connectivity index (χ1) is 10.1. The lowest BCUT2D eigenvalue weighted by molar-refractivity contribution is -0.385. The molecule has 1 heterocycles. The Morgan fingerprint density at radius 2 is 2.29 bits per heavy atom. The van der Waals surface area contributed by atoms with Gasteiger partial charge >= 0.3 is 0 Å². The van der Waals surface area contributed by atoms with Crippen LogP contribution >= 0.6 is 0 Å². The largest absolute Gasteiger partial charge is 0.310 e. The minimum absolute atomic E-state index is 0.0851. The third kappa shape index (κ3) is 4.13. The normalized spacial score (nSPS) is 12.3. The second-order valence-electron chi connectivity index (χ2n) is 5.10. The molecule has 6 nitrogen and oxygen atoms in total. The fourth-order valence-electron chi connectivity index (χ4n) is 2.20. The van der Waals surface area contributed by atoms with Crippen LogP contribution in [0, 0.1) is 17.0 Å². The molecule has 1 N–H and O–H groups in total. The molecule has 0 unspecified atom stereocenters. The molecule has 0 aliphatic heterocycles. The van der Waals surface area contributed by atoms with E-state index >= 15 is 0 Å². The Hall–Kier alpha value is -2.21. The number of benzene rings is 1. The van der Waals surface area contributed by atoms with Gasteiger partial charge < -0.3 is 5.32 Å². The molecular weight excluding hydrogens is 268 g/mol. The van der Waals surface area contributed by atoms with Gasteiger partial charge in [0, 0.05) is 36.6 Å². The van der Waals surface area contributed by atoms with Crippen LogP contribution < -0.4 is 5.32 Å². The molecule has 0 saturated heterocycles. The third-order valence-corrected chi connectivity index (χ3v) is 3.50. The monoisotopic (exact) mass is 288 g/mol. The van der Waals surface area contributed by atoms with Crippen LogP contribution in [0.4, 0.5) is 5.69 Å². The zero-order valence-electron chi connectivity index (χ0n) is 12.3. The van der Waals surface area contributed by atoms with Crippen LogP contribution in [0.25, 0.3) is 0 Å². The molecule has 1 atom stereocenters. The highest BCUT2D eigenvalue weighted by Gasteiger charge is 2.13. The summed E-state index contributed by atoms with van der Waals surface area (Å²) in [7, 11) is 0. The van der Waals surface area contributed by atoms with Gasteiger partial charge in [-0.2, -0.15) is 5.10 Å². The van der Waals surface area contributed by atoms with Crippen molar-refractivity contribution in [2.24, 2.45) is 0 Å². The number of rotatable bonds is 7. The number of nitrogens with zero attached hydrogens (tertiary/aromatic N) is 3. The third-order valence-electron chi connectivity index (χ3n) is 3.50. The summed E-state index contributed by atoms with van der Waals surface area (Å²) in [5.41, 5.74) is 1.80. The van der Waals surface area contributed by atoms with Crippen molar-refractivity contribution in [2.45, 2.75) is 32.9 Å². The van der Waals surface area contributed by atoms with E-state index < -0.39 is 0 Å². The lowest BCUT2D eigenvalue weighted by Gasteiger charge is -2.14. The average molecular weight is 288 g/mol. The van der Waals surface area contributed by atoms with E-state index in [-0.39, 0.29) is 16.7 Å². The Morgan fingerprint density at radius 3 is 2.95 bits per heavy atom. The van der Waals surface area contributed by atoms with E-state index in [4.69, 9.17) is 0 Å². The van der Waals surface area contributed by atoms with E-state index in [0.29, 0.717) is 5.56 Å². The highest BCUT2D eigenvalue weighted by Crippen LogP contribution is 2.23. The molecule has 2 aromatic rings. The van der Waals surface area contributed by atoms with Crippen molar-refractivity contribution in [1.82, 2.24) is 15.1 Å². The van der Waals surface area contributed by atoms with Crippen LogP contribution in [-0.4, -0.2) is 21.2 Å². The number of aryl methyl sites for hydroxylation is 2. The van der Waals surface area contributed by atoms with Gasteiger partial charge in [-0.25, -0.2) is 0 Å². The molecule has 2 rings (SSSR count). The number of nitro benzene ring substituents is 1. The van der Waals surface area contributed by atoms with Crippen LogP contribution in [0.5, 0.6) is 0 Å². The molecule has 0 amide bonds. The Labute approximate surface area is 123 Å². The summed E-state index contributed by atoms with van der Waals surface area (Å²) in [6, 6.07) is 7.38. The summed E-state index contributed by atoms with van der Waals surface area (Å²) in [5, 5.41) is 18.5. The molecule has 0 saturated carbocycles. The van der Waals surface area contributed by atoms with E-state index in [1.54, 1.807) is 25.3 Å². The standard InChI is InChI=1S/C15H20N4O2/c1-12-5-6-14(11-15(12)19(20)21)13(2)16-7-3-9-18-10-4-8-17-18/h4-6,8,10-11,13,16H,3,7,9H2,1-2H3/t13-/m1/s1. The second-order valence-corrected chi connectivity index (χ2v) is 5.10. The molecule has 112 valence electrons. The van der Waals surface area contributed by atoms with Crippen molar-refractivity contribution in [2.75, 3.05) is 6.54 Å². The van der Waals surface area contributed by atoms with Gasteiger partial charge in [0.05, 0.1) is 4.92 Å². The van der Waals surface area contributed by atoms with Crippen molar-refractivity contribution < 1.29 is 4.92 Å².